The molecule has 2 rings (SSSR count). The molecule has 24 heavy (non-hydrogen) atoms. The summed E-state index contributed by atoms with van der Waals surface area (Å²) >= 11 is 1.90. The number of hydrogen-bond acceptors (Lipinski definition) is 3. The molecule has 1 aliphatic rings. The van der Waals surface area contributed by atoms with Crippen LogP contribution in [-0.2, 0) is 11.2 Å². The molecule has 1 aliphatic heterocycles. The molecule has 6 heteroatoms. The number of nitrogens with zero attached hydrogens (tertiary/aromatic N) is 1. The molecule has 2 N–H and O–H groups in total. The normalized spacial score (nSPS) is 15.9. The lowest BCUT2D eigenvalue weighted by Crippen LogP contribution is -2.39. The van der Waals surface area contributed by atoms with Gasteiger partial charge in [-0.15, -0.1) is 0 Å². The van der Waals surface area contributed by atoms with Crippen molar-refractivity contribution in [1.29, 1.82) is 0 Å². The van der Waals surface area contributed by atoms with Crippen LogP contribution in [0.4, 0.5) is 10.5 Å². The molecular weight excluding hydrogens is 322 g/mol. The molecule has 1 atom stereocenters. The number of benzene rings is 1. The number of nitrogens with one attached hydrogen (secondary N) is 2. The van der Waals surface area contributed by atoms with Gasteiger partial charge in [-0.3, -0.25) is 4.79 Å². The zero-order chi connectivity index (χ0) is 17.5. The number of amides is 3. The number of anilines is 1. The summed E-state index contributed by atoms with van der Waals surface area (Å²) in [7, 11) is 0. The van der Waals surface area contributed by atoms with Crippen molar-refractivity contribution in [1.82, 2.24) is 10.2 Å². The minimum Gasteiger partial charge on any atom is -0.341 e. The van der Waals surface area contributed by atoms with Crippen LogP contribution in [0, 0.1) is 5.92 Å². The smallest absolute Gasteiger partial charge is 0.319 e. The first-order valence-electron chi connectivity index (χ1n) is 8.47. The Morgan fingerprint density at radius 2 is 1.75 bits per heavy atom. The summed E-state index contributed by atoms with van der Waals surface area (Å²) in [4.78, 5) is 26.1. The Morgan fingerprint density at radius 3 is 2.33 bits per heavy atom. The second kappa shape index (κ2) is 8.97. The molecule has 1 saturated heterocycles. The van der Waals surface area contributed by atoms with E-state index in [9.17, 15) is 9.59 Å². The average molecular weight is 350 g/mol. The van der Waals surface area contributed by atoms with Crippen LogP contribution >= 0.6 is 11.8 Å². The first kappa shape index (κ1) is 18.6. The maximum atomic E-state index is 12.3. The molecule has 132 valence electrons. The van der Waals surface area contributed by atoms with E-state index in [2.05, 4.69) is 24.5 Å². The number of carbonyl (C=O) groups is 2. The van der Waals surface area contributed by atoms with Crippen molar-refractivity contribution in [3.05, 3.63) is 29.8 Å². The Bertz CT molecular complexity index is 554. The van der Waals surface area contributed by atoms with Gasteiger partial charge in [0.15, 0.2) is 0 Å². The van der Waals surface area contributed by atoms with Gasteiger partial charge >= 0.3 is 6.03 Å². The Hall–Kier alpha value is -1.69. The number of rotatable bonds is 5. The molecular formula is C18H27N3O2S. The van der Waals surface area contributed by atoms with Crippen molar-refractivity contribution in [2.75, 3.05) is 29.9 Å². The van der Waals surface area contributed by atoms with E-state index in [1.165, 1.54) is 0 Å². The Morgan fingerprint density at radius 1 is 1.12 bits per heavy atom. The summed E-state index contributed by atoms with van der Waals surface area (Å²) in [5.41, 5.74) is 1.70. The van der Waals surface area contributed by atoms with Gasteiger partial charge in [-0.05, 0) is 30.5 Å². The zero-order valence-electron chi connectivity index (χ0n) is 14.7. The number of thioether (sulfide) groups is 1. The lowest BCUT2D eigenvalue weighted by atomic mass is 10.1. The van der Waals surface area contributed by atoms with Gasteiger partial charge in [0.1, 0.15) is 0 Å². The molecule has 0 aromatic heterocycles. The maximum Gasteiger partial charge on any atom is 0.319 e. The van der Waals surface area contributed by atoms with Gasteiger partial charge in [0.05, 0.1) is 6.42 Å². The van der Waals surface area contributed by atoms with Crippen LogP contribution in [0.15, 0.2) is 24.3 Å². The molecule has 0 aliphatic carbocycles. The van der Waals surface area contributed by atoms with Crippen molar-refractivity contribution in [3.8, 4) is 0 Å². The summed E-state index contributed by atoms with van der Waals surface area (Å²) in [6.45, 7) is 7.81. The fourth-order valence-electron chi connectivity index (χ4n) is 2.35. The van der Waals surface area contributed by atoms with Crippen LogP contribution in [0.3, 0.4) is 0 Å². The molecule has 5 nitrogen and oxygen atoms in total. The van der Waals surface area contributed by atoms with Gasteiger partial charge in [-0.25, -0.2) is 4.79 Å². The minimum absolute atomic E-state index is 0.115. The van der Waals surface area contributed by atoms with E-state index in [0.717, 1.165) is 35.8 Å². The van der Waals surface area contributed by atoms with Crippen molar-refractivity contribution in [2.24, 2.45) is 5.92 Å². The second-order valence-corrected chi connectivity index (χ2v) is 7.72. The molecule has 1 fully saturated rings. The molecule has 3 amide bonds. The maximum absolute atomic E-state index is 12.3. The molecule has 0 spiro atoms. The van der Waals surface area contributed by atoms with E-state index >= 15 is 0 Å². The van der Waals surface area contributed by atoms with E-state index in [0.29, 0.717) is 12.3 Å². The van der Waals surface area contributed by atoms with Crippen LogP contribution in [-0.4, -0.2) is 47.5 Å². The highest BCUT2D eigenvalue weighted by Crippen LogP contribution is 2.14. The summed E-state index contributed by atoms with van der Waals surface area (Å²) in [5.74, 6) is 2.62. The molecule has 0 radical (unpaired) electrons. The predicted molar refractivity (Wildman–Crippen MR) is 101 cm³/mol. The third-order valence-electron chi connectivity index (χ3n) is 4.29. The van der Waals surface area contributed by atoms with Gasteiger partial charge in [-0.1, -0.05) is 26.0 Å². The van der Waals surface area contributed by atoms with Crippen molar-refractivity contribution in [2.45, 2.75) is 33.2 Å². The minimum atomic E-state index is -0.203. The van der Waals surface area contributed by atoms with Gasteiger partial charge in [0.25, 0.3) is 0 Å². The van der Waals surface area contributed by atoms with Crippen LogP contribution in [0.25, 0.3) is 0 Å². The van der Waals surface area contributed by atoms with Gasteiger partial charge < -0.3 is 15.5 Å². The predicted octanol–water partition coefficient (Wildman–Crippen LogP) is 2.97. The third kappa shape index (κ3) is 5.74. The Kier molecular flexibility index (Phi) is 6.97. The average Bonchev–Trinajstić information content (AvgIpc) is 2.57. The largest absolute Gasteiger partial charge is 0.341 e. The fraction of sp³-hybridized carbons (Fsp3) is 0.556. The SMILES string of the molecule is CC(C)C(C)NC(=O)Nc1ccc(CC(=O)N2CCSCC2)cc1. The molecule has 0 saturated carbocycles. The summed E-state index contributed by atoms with van der Waals surface area (Å²) in [6.07, 6.45) is 0.418. The molecule has 1 aromatic carbocycles. The molecule has 1 heterocycles. The van der Waals surface area contributed by atoms with E-state index in [-0.39, 0.29) is 18.0 Å². The highest BCUT2D eigenvalue weighted by molar-refractivity contribution is 7.99. The lowest BCUT2D eigenvalue weighted by molar-refractivity contribution is -0.130. The Balaban J connectivity index is 1.84. The first-order chi connectivity index (χ1) is 11.5. The summed E-state index contributed by atoms with van der Waals surface area (Å²) in [5, 5.41) is 5.73. The lowest BCUT2D eigenvalue weighted by Gasteiger charge is -2.26. The van der Waals surface area contributed by atoms with Crippen LogP contribution < -0.4 is 10.6 Å². The fourth-order valence-corrected chi connectivity index (χ4v) is 3.25. The standard InChI is InChI=1S/C18H27N3O2S/c1-13(2)14(3)19-18(23)20-16-6-4-15(5-7-16)12-17(22)21-8-10-24-11-9-21/h4-7,13-14H,8-12H2,1-3H3,(H2,19,20,23). The monoisotopic (exact) mass is 349 g/mol. The van der Waals surface area contributed by atoms with E-state index in [4.69, 9.17) is 0 Å². The second-order valence-electron chi connectivity index (χ2n) is 6.50. The highest BCUT2D eigenvalue weighted by atomic mass is 32.2. The van der Waals surface area contributed by atoms with Gasteiger partial charge in [-0.2, -0.15) is 11.8 Å². The number of hydrogen-bond donors (Lipinski definition) is 2. The van der Waals surface area contributed by atoms with Gasteiger partial charge in [0, 0.05) is 36.3 Å². The topological polar surface area (TPSA) is 61.4 Å². The highest BCUT2D eigenvalue weighted by Gasteiger charge is 2.17. The van der Waals surface area contributed by atoms with E-state index < -0.39 is 0 Å². The molecule has 1 unspecified atom stereocenters. The molecule has 1 aromatic rings. The quantitative estimate of drug-likeness (QED) is 0.859. The van der Waals surface area contributed by atoms with Crippen molar-refractivity contribution >= 4 is 29.4 Å². The zero-order valence-corrected chi connectivity index (χ0v) is 15.5. The van der Waals surface area contributed by atoms with Crippen molar-refractivity contribution < 1.29 is 9.59 Å². The van der Waals surface area contributed by atoms with Crippen molar-refractivity contribution in [3.63, 3.8) is 0 Å². The van der Waals surface area contributed by atoms with E-state index in [1.807, 2.05) is 47.9 Å². The van der Waals surface area contributed by atoms with Crippen LogP contribution in [0.2, 0.25) is 0 Å². The van der Waals surface area contributed by atoms with Crippen LogP contribution in [0.1, 0.15) is 26.3 Å². The third-order valence-corrected chi connectivity index (χ3v) is 5.23. The van der Waals surface area contributed by atoms with Gasteiger partial charge in [0.2, 0.25) is 5.91 Å². The Labute approximate surface area is 148 Å². The first-order valence-corrected chi connectivity index (χ1v) is 9.63. The number of carbonyl (C=O) groups excluding carboxylic acids is 2. The number of urea groups is 1. The summed E-state index contributed by atoms with van der Waals surface area (Å²) in [6, 6.07) is 7.40. The summed E-state index contributed by atoms with van der Waals surface area (Å²) < 4.78 is 0. The van der Waals surface area contributed by atoms with E-state index in [1.54, 1.807) is 0 Å². The van der Waals surface area contributed by atoms with Crippen LogP contribution in [0.5, 0.6) is 0 Å². The molecule has 0 bridgehead atoms.